The molecule has 1 aliphatic heterocycles. The number of nitro benzene ring substituents is 1. The van der Waals surface area contributed by atoms with E-state index in [0.29, 0.717) is 42.5 Å². The smallest absolute Gasteiger partial charge is 0.270 e. The minimum atomic E-state index is -0.563. The van der Waals surface area contributed by atoms with Crippen LogP contribution in [0.5, 0.6) is 0 Å². The number of hydrogen-bond acceptors (Lipinski definition) is 6. The summed E-state index contributed by atoms with van der Waals surface area (Å²) in [5.74, 6) is -0.592. The lowest BCUT2D eigenvalue weighted by Crippen LogP contribution is -2.49. The van der Waals surface area contributed by atoms with E-state index in [1.54, 1.807) is 29.2 Å². The van der Waals surface area contributed by atoms with E-state index in [1.807, 2.05) is 24.3 Å². The molecule has 3 aromatic rings. The second-order valence-corrected chi connectivity index (χ2v) is 8.86. The molecule has 0 aromatic heterocycles. The van der Waals surface area contributed by atoms with Gasteiger partial charge in [0.1, 0.15) is 0 Å². The van der Waals surface area contributed by atoms with Crippen molar-refractivity contribution < 1.29 is 14.5 Å². The summed E-state index contributed by atoms with van der Waals surface area (Å²) in [5, 5.41) is 17.2. The number of nitro groups is 1. The predicted molar refractivity (Wildman–Crippen MR) is 143 cm³/mol. The molecule has 1 saturated heterocycles. The van der Waals surface area contributed by atoms with Crippen molar-refractivity contribution in [1.82, 2.24) is 10.2 Å². The molecule has 0 unspecified atom stereocenters. The largest absolute Gasteiger partial charge is 0.366 e. The van der Waals surface area contributed by atoms with Crippen molar-refractivity contribution in [1.29, 1.82) is 0 Å². The molecule has 11 heteroatoms. The van der Waals surface area contributed by atoms with Crippen molar-refractivity contribution in [2.75, 3.05) is 36.4 Å². The lowest BCUT2D eigenvalue weighted by Gasteiger charge is -2.37. The summed E-state index contributed by atoms with van der Waals surface area (Å²) < 4.78 is 0. The van der Waals surface area contributed by atoms with Gasteiger partial charge in [0.15, 0.2) is 5.11 Å². The highest BCUT2D eigenvalue weighted by Gasteiger charge is 2.24. The molecule has 3 aromatic carbocycles. The van der Waals surface area contributed by atoms with Gasteiger partial charge in [-0.1, -0.05) is 29.8 Å². The summed E-state index contributed by atoms with van der Waals surface area (Å²) >= 11 is 11.2. The number of carbonyl (C=O) groups is 2. The first-order valence-electron chi connectivity index (χ1n) is 11.1. The van der Waals surface area contributed by atoms with Crippen LogP contribution in [-0.4, -0.2) is 52.9 Å². The molecule has 0 radical (unpaired) electrons. The van der Waals surface area contributed by atoms with Crippen LogP contribution in [0.1, 0.15) is 20.7 Å². The van der Waals surface area contributed by atoms with E-state index in [1.165, 1.54) is 24.3 Å². The maximum Gasteiger partial charge on any atom is 0.270 e. The normalized spacial score (nSPS) is 13.1. The molecule has 2 amide bonds. The highest BCUT2D eigenvalue weighted by Crippen LogP contribution is 2.27. The summed E-state index contributed by atoms with van der Waals surface area (Å²) in [6, 6.07) is 19.8. The Hall–Kier alpha value is -4.02. The number of carbonyl (C=O) groups excluding carboxylic acids is 2. The Morgan fingerprint density at radius 1 is 0.917 bits per heavy atom. The Morgan fingerprint density at radius 2 is 1.61 bits per heavy atom. The summed E-state index contributed by atoms with van der Waals surface area (Å²) in [7, 11) is 0. The molecular formula is C25H22ClN5O4S. The number of nitrogens with one attached hydrogen (secondary N) is 2. The van der Waals surface area contributed by atoms with E-state index < -0.39 is 10.8 Å². The first-order chi connectivity index (χ1) is 17.3. The fourth-order valence-corrected chi connectivity index (χ4v) is 4.20. The average Bonchev–Trinajstić information content (AvgIpc) is 2.89. The highest BCUT2D eigenvalue weighted by atomic mass is 35.5. The van der Waals surface area contributed by atoms with E-state index in [0.717, 1.165) is 5.69 Å². The summed E-state index contributed by atoms with van der Waals surface area (Å²) in [6.07, 6.45) is 0. The number of benzene rings is 3. The van der Waals surface area contributed by atoms with Crippen LogP contribution in [0.25, 0.3) is 0 Å². The van der Waals surface area contributed by atoms with Gasteiger partial charge in [-0.3, -0.25) is 25.0 Å². The third kappa shape index (κ3) is 5.96. The van der Waals surface area contributed by atoms with Crippen molar-refractivity contribution in [2.45, 2.75) is 0 Å². The number of hydrogen-bond donors (Lipinski definition) is 2. The minimum absolute atomic E-state index is 0.0391. The standard InChI is InChI=1S/C25H22ClN5O4S/c26-19-10-8-17(9-11-19)24(33)30-14-12-29(13-15-30)22-7-2-1-6-21(22)27-25(36)28-23(32)18-4-3-5-20(16-18)31(34)35/h1-11,16H,12-15H2,(H2,27,28,32,36). The number of non-ortho nitro benzene ring substituents is 1. The zero-order valence-corrected chi connectivity index (χ0v) is 20.6. The van der Waals surface area contributed by atoms with Crippen LogP contribution >= 0.6 is 23.8 Å². The molecule has 1 heterocycles. The number of thiocarbonyl (C=S) groups is 1. The number of anilines is 2. The van der Waals surface area contributed by atoms with Crippen molar-refractivity contribution in [3.8, 4) is 0 Å². The van der Waals surface area contributed by atoms with Gasteiger partial charge in [-0.2, -0.15) is 0 Å². The van der Waals surface area contributed by atoms with Crippen molar-refractivity contribution in [2.24, 2.45) is 0 Å². The topological polar surface area (TPSA) is 108 Å². The minimum Gasteiger partial charge on any atom is -0.366 e. The number of rotatable bonds is 5. The van der Waals surface area contributed by atoms with Gasteiger partial charge in [0.25, 0.3) is 17.5 Å². The first-order valence-corrected chi connectivity index (χ1v) is 11.9. The molecular weight excluding hydrogens is 502 g/mol. The second kappa shape index (κ2) is 11.1. The Balaban J connectivity index is 1.38. The van der Waals surface area contributed by atoms with E-state index in [9.17, 15) is 19.7 Å². The van der Waals surface area contributed by atoms with Crippen molar-refractivity contribution in [3.05, 3.63) is 99.1 Å². The number of amides is 2. The molecule has 0 saturated carbocycles. The Labute approximate surface area is 217 Å². The van der Waals surface area contributed by atoms with Gasteiger partial charge in [0.2, 0.25) is 0 Å². The molecule has 4 rings (SSSR count). The van der Waals surface area contributed by atoms with Gasteiger partial charge < -0.3 is 15.1 Å². The number of halogens is 1. The van der Waals surface area contributed by atoms with Crippen LogP contribution < -0.4 is 15.5 Å². The van der Waals surface area contributed by atoms with Gasteiger partial charge in [-0.15, -0.1) is 0 Å². The van der Waals surface area contributed by atoms with E-state index >= 15 is 0 Å². The molecule has 0 atom stereocenters. The Kier molecular flexibility index (Phi) is 7.77. The van der Waals surface area contributed by atoms with Crippen LogP contribution in [0, 0.1) is 10.1 Å². The highest BCUT2D eigenvalue weighted by molar-refractivity contribution is 7.80. The maximum atomic E-state index is 12.8. The average molecular weight is 524 g/mol. The fourth-order valence-electron chi connectivity index (χ4n) is 3.87. The zero-order valence-electron chi connectivity index (χ0n) is 19.0. The lowest BCUT2D eigenvalue weighted by atomic mass is 10.1. The molecule has 184 valence electrons. The van der Waals surface area contributed by atoms with Crippen molar-refractivity contribution >= 4 is 57.8 Å². The summed E-state index contributed by atoms with van der Waals surface area (Å²) in [6.45, 7) is 2.32. The third-order valence-electron chi connectivity index (χ3n) is 5.70. The van der Waals surface area contributed by atoms with Crippen molar-refractivity contribution in [3.63, 3.8) is 0 Å². The molecule has 36 heavy (non-hydrogen) atoms. The quantitative estimate of drug-likeness (QED) is 0.291. The van der Waals surface area contributed by atoms with Gasteiger partial charge in [-0.25, -0.2) is 0 Å². The fraction of sp³-hybridized carbons (Fsp3) is 0.160. The van der Waals surface area contributed by atoms with Crippen LogP contribution in [-0.2, 0) is 0 Å². The Morgan fingerprint density at radius 3 is 2.31 bits per heavy atom. The number of nitrogens with zero attached hydrogens (tertiary/aromatic N) is 3. The van der Waals surface area contributed by atoms with E-state index in [4.69, 9.17) is 23.8 Å². The van der Waals surface area contributed by atoms with Crippen LogP contribution in [0.15, 0.2) is 72.8 Å². The maximum absolute atomic E-state index is 12.8. The molecule has 0 bridgehead atoms. The third-order valence-corrected chi connectivity index (χ3v) is 6.15. The van der Waals surface area contributed by atoms with E-state index in [-0.39, 0.29) is 22.3 Å². The zero-order chi connectivity index (χ0) is 25.7. The van der Waals surface area contributed by atoms with Crippen LogP contribution in [0.4, 0.5) is 17.1 Å². The number of para-hydroxylation sites is 2. The molecule has 9 nitrogen and oxygen atoms in total. The molecule has 0 spiro atoms. The van der Waals surface area contributed by atoms with Crippen LogP contribution in [0.2, 0.25) is 5.02 Å². The Bertz CT molecular complexity index is 1310. The first kappa shape index (κ1) is 25.1. The predicted octanol–water partition coefficient (Wildman–Crippen LogP) is 4.34. The SMILES string of the molecule is O=C(NC(=S)Nc1ccccc1N1CCN(C(=O)c2ccc(Cl)cc2)CC1)c1cccc([N+](=O)[O-])c1. The van der Waals surface area contributed by atoms with Gasteiger partial charge in [0, 0.05) is 54.5 Å². The molecule has 1 aliphatic rings. The molecule has 1 fully saturated rings. The van der Waals surface area contributed by atoms with Gasteiger partial charge in [0.05, 0.1) is 16.3 Å². The van der Waals surface area contributed by atoms with Gasteiger partial charge >= 0.3 is 0 Å². The van der Waals surface area contributed by atoms with Crippen LogP contribution in [0.3, 0.4) is 0 Å². The monoisotopic (exact) mass is 523 g/mol. The summed E-state index contributed by atoms with van der Waals surface area (Å²) in [4.78, 5) is 39.7. The summed E-state index contributed by atoms with van der Waals surface area (Å²) in [5.41, 5.74) is 2.12. The second-order valence-electron chi connectivity index (χ2n) is 8.02. The molecule has 0 aliphatic carbocycles. The number of piperazine rings is 1. The lowest BCUT2D eigenvalue weighted by molar-refractivity contribution is -0.384. The van der Waals surface area contributed by atoms with E-state index in [2.05, 4.69) is 15.5 Å². The van der Waals surface area contributed by atoms with Gasteiger partial charge in [-0.05, 0) is 54.7 Å². The molecule has 2 N–H and O–H groups in total.